The topological polar surface area (TPSA) is 50.4 Å². The normalized spacial score (nSPS) is 14.2. The predicted octanol–water partition coefficient (Wildman–Crippen LogP) is 3.42. The smallest absolute Gasteiger partial charge is 0.239 e. The number of methoxy groups -OCH3 is 1. The molecule has 0 aromatic heterocycles. The van der Waals surface area contributed by atoms with Gasteiger partial charge in [-0.25, -0.2) is 0 Å². The molecule has 1 amide bonds. The molecule has 4 nitrogen and oxygen atoms in total. The molecule has 120 valence electrons. The third kappa shape index (κ3) is 5.10. The maximum atomic E-state index is 11.9. The van der Waals surface area contributed by atoms with Crippen LogP contribution in [0.3, 0.4) is 0 Å². The summed E-state index contributed by atoms with van der Waals surface area (Å²) in [5.41, 5.74) is 3.47. The van der Waals surface area contributed by atoms with Crippen molar-refractivity contribution in [3.8, 4) is 5.75 Å². The van der Waals surface area contributed by atoms with E-state index in [9.17, 15) is 4.79 Å². The van der Waals surface area contributed by atoms with Crippen molar-refractivity contribution >= 4 is 11.6 Å². The van der Waals surface area contributed by atoms with Crippen molar-refractivity contribution in [2.24, 2.45) is 0 Å². The minimum Gasteiger partial charge on any atom is -0.495 e. The molecule has 2 rings (SSSR count). The molecule has 1 aliphatic rings. The lowest BCUT2D eigenvalue weighted by atomic mass is 9.97. The number of allylic oxidation sites excluding steroid dienone is 1. The van der Waals surface area contributed by atoms with Gasteiger partial charge in [-0.2, -0.15) is 0 Å². The quantitative estimate of drug-likeness (QED) is 0.759. The van der Waals surface area contributed by atoms with Crippen molar-refractivity contribution in [3.05, 3.63) is 35.4 Å². The molecule has 4 heteroatoms. The van der Waals surface area contributed by atoms with E-state index in [1.54, 1.807) is 7.11 Å². The Morgan fingerprint density at radius 3 is 2.91 bits per heavy atom. The van der Waals surface area contributed by atoms with Crippen LogP contribution < -0.4 is 15.4 Å². The number of hydrogen-bond donors (Lipinski definition) is 2. The molecule has 1 aromatic rings. The van der Waals surface area contributed by atoms with Gasteiger partial charge in [-0.05, 0) is 56.7 Å². The molecule has 0 aliphatic heterocycles. The van der Waals surface area contributed by atoms with E-state index in [0.29, 0.717) is 0 Å². The first-order valence-electron chi connectivity index (χ1n) is 8.02. The molecular weight excluding hydrogens is 276 g/mol. The summed E-state index contributed by atoms with van der Waals surface area (Å²) in [5.74, 6) is 0.769. The number of rotatable bonds is 7. The van der Waals surface area contributed by atoms with E-state index in [2.05, 4.69) is 16.7 Å². The zero-order valence-electron chi connectivity index (χ0n) is 13.6. The molecule has 22 heavy (non-hydrogen) atoms. The van der Waals surface area contributed by atoms with E-state index >= 15 is 0 Å². The van der Waals surface area contributed by atoms with Gasteiger partial charge in [-0.1, -0.05) is 17.7 Å². The molecule has 0 spiro atoms. The number of amides is 1. The Balaban J connectivity index is 1.73. The average molecular weight is 302 g/mol. The molecule has 1 aliphatic carbocycles. The molecule has 0 saturated heterocycles. The highest BCUT2D eigenvalue weighted by Gasteiger charge is 2.07. The highest BCUT2D eigenvalue weighted by molar-refractivity contribution is 5.81. The van der Waals surface area contributed by atoms with Crippen molar-refractivity contribution in [1.29, 1.82) is 0 Å². The van der Waals surface area contributed by atoms with Gasteiger partial charge >= 0.3 is 0 Å². The molecular formula is C18H26N2O2. The van der Waals surface area contributed by atoms with E-state index in [-0.39, 0.29) is 12.5 Å². The van der Waals surface area contributed by atoms with Gasteiger partial charge in [-0.15, -0.1) is 0 Å². The Morgan fingerprint density at radius 2 is 2.18 bits per heavy atom. The molecule has 0 bridgehead atoms. The van der Waals surface area contributed by atoms with Gasteiger partial charge in [0.1, 0.15) is 5.75 Å². The van der Waals surface area contributed by atoms with Crippen LogP contribution in [0.5, 0.6) is 5.75 Å². The largest absolute Gasteiger partial charge is 0.495 e. The standard InChI is InChI=1S/C18H26N2O2/c1-14-8-9-17(22-2)16(12-14)20-13-18(21)19-11-10-15-6-4-3-5-7-15/h6,8-9,12,20H,3-5,7,10-11,13H2,1-2H3,(H,19,21). The van der Waals surface area contributed by atoms with Crippen molar-refractivity contribution in [2.75, 3.05) is 25.5 Å². The SMILES string of the molecule is COc1ccc(C)cc1NCC(=O)NCCC1=CCCCC1. The first-order chi connectivity index (χ1) is 10.7. The number of carbonyl (C=O) groups is 1. The Labute approximate surface area is 132 Å². The van der Waals surface area contributed by atoms with Crippen LogP contribution in [0.1, 0.15) is 37.7 Å². The number of aryl methyl sites for hydroxylation is 1. The third-order valence-electron chi connectivity index (χ3n) is 3.95. The first-order valence-corrected chi connectivity index (χ1v) is 8.02. The monoisotopic (exact) mass is 302 g/mol. The van der Waals surface area contributed by atoms with Crippen molar-refractivity contribution in [3.63, 3.8) is 0 Å². The zero-order valence-corrected chi connectivity index (χ0v) is 13.6. The van der Waals surface area contributed by atoms with E-state index in [0.717, 1.165) is 30.0 Å². The van der Waals surface area contributed by atoms with Crippen molar-refractivity contribution in [1.82, 2.24) is 5.32 Å². The minimum atomic E-state index is 0.0139. The summed E-state index contributed by atoms with van der Waals surface area (Å²) in [7, 11) is 1.63. The van der Waals surface area contributed by atoms with Crippen LogP contribution >= 0.6 is 0 Å². The zero-order chi connectivity index (χ0) is 15.8. The van der Waals surface area contributed by atoms with Gasteiger partial charge in [0.05, 0.1) is 19.3 Å². The summed E-state index contributed by atoms with van der Waals surface area (Å²) in [4.78, 5) is 11.9. The van der Waals surface area contributed by atoms with Crippen LogP contribution in [0.2, 0.25) is 0 Å². The Bertz CT molecular complexity index is 538. The summed E-state index contributed by atoms with van der Waals surface area (Å²) >= 11 is 0. The van der Waals surface area contributed by atoms with Gasteiger partial charge in [0.25, 0.3) is 0 Å². The van der Waals surface area contributed by atoms with E-state index in [1.165, 1.54) is 31.3 Å². The van der Waals surface area contributed by atoms with Crippen LogP contribution in [0.4, 0.5) is 5.69 Å². The molecule has 0 fully saturated rings. The molecule has 0 heterocycles. The van der Waals surface area contributed by atoms with Crippen LogP contribution in [0.25, 0.3) is 0 Å². The summed E-state index contributed by atoms with van der Waals surface area (Å²) < 4.78 is 5.29. The highest BCUT2D eigenvalue weighted by atomic mass is 16.5. The summed E-state index contributed by atoms with van der Waals surface area (Å²) in [6.45, 7) is 3.00. The fourth-order valence-corrected chi connectivity index (χ4v) is 2.69. The van der Waals surface area contributed by atoms with Crippen LogP contribution in [-0.4, -0.2) is 26.1 Å². The number of carbonyl (C=O) groups excluding carboxylic acids is 1. The van der Waals surface area contributed by atoms with Crippen LogP contribution in [-0.2, 0) is 4.79 Å². The van der Waals surface area contributed by atoms with Gasteiger partial charge < -0.3 is 15.4 Å². The van der Waals surface area contributed by atoms with E-state index in [1.807, 2.05) is 25.1 Å². The lowest BCUT2D eigenvalue weighted by molar-refractivity contribution is -0.119. The van der Waals surface area contributed by atoms with E-state index < -0.39 is 0 Å². The number of hydrogen-bond acceptors (Lipinski definition) is 3. The maximum Gasteiger partial charge on any atom is 0.239 e. The van der Waals surface area contributed by atoms with Crippen molar-refractivity contribution in [2.45, 2.75) is 39.0 Å². The minimum absolute atomic E-state index is 0.0139. The van der Waals surface area contributed by atoms with E-state index in [4.69, 9.17) is 4.74 Å². The molecule has 0 saturated carbocycles. The second kappa shape index (κ2) is 8.47. The number of nitrogens with one attached hydrogen (secondary N) is 2. The fraction of sp³-hybridized carbons (Fsp3) is 0.500. The number of benzene rings is 1. The maximum absolute atomic E-state index is 11.9. The summed E-state index contributed by atoms with van der Waals surface area (Å²) in [5, 5.41) is 6.11. The van der Waals surface area contributed by atoms with Gasteiger partial charge in [-0.3, -0.25) is 4.79 Å². The van der Waals surface area contributed by atoms with Gasteiger partial charge in [0.2, 0.25) is 5.91 Å². The number of anilines is 1. The Morgan fingerprint density at radius 1 is 1.32 bits per heavy atom. The Kier molecular flexibility index (Phi) is 6.31. The third-order valence-corrected chi connectivity index (χ3v) is 3.95. The average Bonchev–Trinajstić information content (AvgIpc) is 2.54. The van der Waals surface area contributed by atoms with Gasteiger partial charge in [0.15, 0.2) is 0 Å². The lowest BCUT2D eigenvalue weighted by Crippen LogP contribution is -2.31. The second-order valence-corrected chi connectivity index (χ2v) is 5.77. The number of ether oxygens (including phenoxy) is 1. The van der Waals surface area contributed by atoms with Crippen LogP contribution in [0.15, 0.2) is 29.8 Å². The fourth-order valence-electron chi connectivity index (χ4n) is 2.69. The summed E-state index contributed by atoms with van der Waals surface area (Å²) in [6.07, 6.45) is 8.27. The lowest BCUT2D eigenvalue weighted by Gasteiger charge is -2.14. The molecule has 0 radical (unpaired) electrons. The Hall–Kier alpha value is -1.97. The summed E-state index contributed by atoms with van der Waals surface area (Å²) in [6, 6.07) is 5.88. The van der Waals surface area contributed by atoms with Crippen LogP contribution in [0, 0.1) is 6.92 Å². The second-order valence-electron chi connectivity index (χ2n) is 5.77. The highest BCUT2D eigenvalue weighted by Crippen LogP contribution is 2.24. The predicted molar refractivity (Wildman–Crippen MR) is 90.4 cm³/mol. The molecule has 2 N–H and O–H groups in total. The molecule has 1 aromatic carbocycles. The molecule has 0 unspecified atom stereocenters. The van der Waals surface area contributed by atoms with Gasteiger partial charge in [0, 0.05) is 6.54 Å². The first kappa shape index (κ1) is 16.4. The molecule has 0 atom stereocenters. The van der Waals surface area contributed by atoms with Crippen molar-refractivity contribution < 1.29 is 9.53 Å².